The van der Waals surface area contributed by atoms with Crippen LogP contribution in [0.4, 0.5) is 0 Å². The molecule has 0 bridgehead atoms. The molecule has 0 unspecified atom stereocenters. The summed E-state index contributed by atoms with van der Waals surface area (Å²) < 4.78 is 5.26. The smallest absolute Gasteiger partial charge is 0.246 e. The van der Waals surface area contributed by atoms with E-state index in [1.165, 1.54) is 0 Å². The van der Waals surface area contributed by atoms with Crippen molar-refractivity contribution < 1.29 is 14.3 Å². The van der Waals surface area contributed by atoms with E-state index in [1.807, 2.05) is 62.1 Å². The minimum atomic E-state index is -0.228. The number of rotatable bonds is 5. The molecular weight excluding hydrogens is 378 g/mol. The number of fused-ring (bicyclic) bond motifs is 1. The molecule has 1 aliphatic rings. The third-order valence-electron chi connectivity index (χ3n) is 5.06. The van der Waals surface area contributed by atoms with Crippen LogP contribution in [-0.4, -0.2) is 67.0 Å². The molecule has 6 nitrogen and oxygen atoms in total. The van der Waals surface area contributed by atoms with Gasteiger partial charge < -0.3 is 15.0 Å². The van der Waals surface area contributed by atoms with E-state index in [4.69, 9.17) is 4.74 Å². The fraction of sp³-hybridized carbons (Fsp3) is 0.417. The second kappa shape index (κ2) is 9.30. The fourth-order valence-corrected chi connectivity index (χ4v) is 3.53. The molecule has 1 saturated heterocycles. The first-order valence-electron chi connectivity index (χ1n) is 10.3. The van der Waals surface area contributed by atoms with Crippen molar-refractivity contribution in [1.29, 1.82) is 0 Å². The van der Waals surface area contributed by atoms with Gasteiger partial charge in [-0.15, -0.1) is 0 Å². The quantitative estimate of drug-likeness (QED) is 0.772. The van der Waals surface area contributed by atoms with Crippen LogP contribution < -0.4 is 10.1 Å². The highest BCUT2D eigenvalue weighted by Crippen LogP contribution is 2.22. The Morgan fingerprint density at radius 2 is 1.70 bits per heavy atom. The number of hydrogen-bond donors (Lipinski definition) is 1. The maximum absolute atomic E-state index is 12.6. The number of nitrogens with one attached hydrogen (secondary N) is 1. The van der Waals surface area contributed by atoms with Crippen LogP contribution in [0.25, 0.3) is 16.8 Å². The highest BCUT2D eigenvalue weighted by molar-refractivity contribution is 5.93. The lowest BCUT2D eigenvalue weighted by Crippen LogP contribution is -2.52. The molecule has 0 radical (unpaired) electrons. The Morgan fingerprint density at radius 1 is 1.03 bits per heavy atom. The first-order valence-corrected chi connectivity index (χ1v) is 10.3. The number of ether oxygens (including phenoxy) is 1. The molecular formula is C24H31N3O3. The van der Waals surface area contributed by atoms with Crippen LogP contribution in [0.1, 0.15) is 26.3 Å². The lowest BCUT2D eigenvalue weighted by atomic mass is 10.1. The fourth-order valence-electron chi connectivity index (χ4n) is 3.53. The van der Waals surface area contributed by atoms with Crippen molar-refractivity contribution in [3.05, 3.63) is 48.0 Å². The molecule has 160 valence electrons. The standard InChI is InChI=1S/C24H31N3O3/c1-24(2,3)25-22(28)17-26-11-13-27(14-12-26)23(29)10-6-18-5-7-20-16-21(30-4)9-8-19(20)15-18/h5-10,15-16H,11-14,17H2,1-4H3,(H,25,28)/b10-6+. The molecule has 1 N–H and O–H groups in total. The van der Waals surface area contributed by atoms with Crippen LogP contribution in [-0.2, 0) is 9.59 Å². The zero-order valence-corrected chi connectivity index (χ0v) is 18.3. The lowest BCUT2D eigenvalue weighted by molar-refractivity contribution is -0.128. The Bertz CT molecular complexity index is 938. The Kier molecular flexibility index (Phi) is 6.77. The Morgan fingerprint density at radius 3 is 2.37 bits per heavy atom. The van der Waals surface area contributed by atoms with Gasteiger partial charge in [0.15, 0.2) is 0 Å². The van der Waals surface area contributed by atoms with Crippen molar-refractivity contribution in [1.82, 2.24) is 15.1 Å². The largest absolute Gasteiger partial charge is 0.497 e. The minimum Gasteiger partial charge on any atom is -0.497 e. The lowest BCUT2D eigenvalue weighted by Gasteiger charge is -2.34. The van der Waals surface area contributed by atoms with Gasteiger partial charge in [-0.1, -0.05) is 18.2 Å². The van der Waals surface area contributed by atoms with Gasteiger partial charge in [0.1, 0.15) is 5.75 Å². The van der Waals surface area contributed by atoms with Crippen LogP contribution in [0.2, 0.25) is 0 Å². The third-order valence-corrected chi connectivity index (χ3v) is 5.06. The van der Waals surface area contributed by atoms with Crippen molar-refractivity contribution in [2.45, 2.75) is 26.3 Å². The Hall–Kier alpha value is -2.86. The number of methoxy groups -OCH3 is 1. The molecule has 0 aromatic heterocycles. The van der Waals surface area contributed by atoms with E-state index in [2.05, 4.69) is 16.3 Å². The predicted molar refractivity (Wildman–Crippen MR) is 120 cm³/mol. The molecule has 2 aromatic carbocycles. The van der Waals surface area contributed by atoms with E-state index in [0.29, 0.717) is 32.7 Å². The Balaban J connectivity index is 1.52. The van der Waals surface area contributed by atoms with Gasteiger partial charge in [0, 0.05) is 37.8 Å². The number of carbonyl (C=O) groups is 2. The SMILES string of the molecule is COc1ccc2cc(/C=C/C(=O)N3CCN(CC(=O)NC(C)(C)C)CC3)ccc2c1. The second-order valence-corrected chi connectivity index (χ2v) is 8.71. The van der Waals surface area contributed by atoms with Crippen molar-refractivity contribution in [2.75, 3.05) is 39.8 Å². The summed E-state index contributed by atoms with van der Waals surface area (Å²) in [4.78, 5) is 28.6. The van der Waals surface area contributed by atoms with E-state index < -0.39 is 0 Å². The predicted octanol–water partition coefficient (Wildman–Crippen LogP) is 2.92. The molecule has 2 amide bonds. The monoisotopic (exact) mass is 409 g/mol. The molecule has 0 saturated carbocycles. The van der Waals surface area contributed by atoms with Gasteiger partial charge in [0.2, 0.25) is 11.8 Å². The number of carbonyl (C=O) groups excluding carboxylic acids is 2. The summed E-state index contributed by atoms with van der Waals surface area (Å²) in [5.41, 5.74) is 0.757. The average molecular weight is 410 g/mol. The summed E-state index contributed by atoms with van der Waals surface area (Å²) in [5, 5.41) is 5.18. The zero-order chi connectivity index (χ0) is 21.7. The molecule has 3 rings (SSSR count). The summed E-state index contributed by atoms with van der Waals surface area (Å²) in [7, 11) is 1.66. The number of nitrogens with zero attached hydrogens (tertiary/aromatic N) is 2. The highest BCUT2D eigenvalue weighted by atomic mass is 16.5. The average Bonchev–Trinajstić information content (AvgIpc) is 2.70. The molecule has 0 aliphatic carbocycles. The van der Waals surface area contributed by atoms with Crippen molar-refractivity contribution >= 4 is 28.7 Å². The van der Waals surface area contributed by atoms with E-state index in [9.17, 15) is 9.59 Å². The summed E-state index contributed by atoms with van der Waals surface area (Å²) in [6.07, 6.45) is 3.49. The number of hydrogen-bond acceptors (Lipinski definition) is 4. The maximum Gasteiger partial charge on any atom is 0.246 e. The maximum atomic E-state index is 12.6. The third kappa shape index (κ3) is 6.07. The van der Waals surface area contributed by atoms with E-state index in [1.54, 1.807) is 13.2 Å². The summed E-state index contributed by atoms with van der Waals surface area (Å²) in [6, 6.07) is 12.0. The summed E-state index contributed by atoms with van der Waals surface area (Å²) >= 11 is 0. The summed E-state index contributed by atoms with van der Waals surface area (Å²) in [6.45, 7) is 8.95. The normalized spacial score (nSPS) is 15.5. The highest BCUT2D eigenvalue weighted by Gasteiger charge is 2.22. The Labute approximate surface area is 178 Å². The minimum absolute atomic E-state index is 0.00335. The van der Waals surface area contributed by atoms with Gasteiger partial charge in [-0.05, 0) is 61.4 Å². The van der Waals surface area contributed by atoms with E-state index in [0.717, 1.165) is 22.1 Å². The van der Waals surface area contributed by atoms with Gasteiger partial charge >= 0.3 is 0 Å². The number of amides is 2. The van der Waals surface area contributed by atoms with E-state index >= 15 is 0 Å². The molecule has 1 fully saturated rings. The van der Waals surface area contributed by atoms with Gasteiger partial charge in [-0.3, -0.25) is 14.5 Å². The topological polar surface area (TPSA) is 61.9 Å². The van der Waals surface area contributed by atoms with Gasteiger partial charge in [-0.2, -0.15) is 0 Å². The molecule has 0 atom stereocenters. The zero-order valence-electron chi connectivity index (χ0n) is 18.3. The van der Waals surface area contributed by atoms with Crippen molar-refractivity contribution in [3.8, 4) is 5.75 Å². The van der Waals surface area contributed by atoms with E-state index in [-0.39, 0.29) is 17.4 Å². The van der Waals surface area contributed by atoms with Gasteiger partial charge in [0.25, 0.3) is 0 Å². The number of benzene rings is 2. The first kappa shape index (κ1) is 21.8. The molecule has 1 aliphatic heterocycles. The van der Waals surface area contributed by atoms with Crippen LogP contribution >= 0.6 is 0 Å². The van der Waals surface area contributed by atoms with Crippen LogP contribution in [0.3, 0.4) is 0 Å². The van der Waals surface area contributed by atoms with Crippen LogP contribution in [0.15, 0.2) is 42.5 Å². The van der Waals surface area contributed by atoms with Crippen molar-refractivity contribution in [2.24, 2.45) is 0 Å². The molecule has 30 heavy (non-hydrogen) atoms. The molecule has 1 heterocycles. The van der Waals surface area contributed by atoms with Gasteiger partial charge in [-0.25, -0.2) is 0 Å². The summed E-state index contributed by atoms with van der Waals surface area (Å²) in [5.74, 6) is 0.857. The number of piperazine rings is 1. The van der Waals surface area contributed by atoms with Crippen LogP contribution in [0.5, 0.6) is 5.75 Å². The van der Waals surface area contributed by atoms with Crippen LogP contribution in [0, 0.1) is 0 Å². The van der Waals surface area contributed by atoms with Crippen molar-refractivity contribution in [3.63, 3.8) is 0 Å². The molecule has 0 spiro atoms. The second-order valence-electron chi connectivity index (χ2n) is 8.71. The molecule has 6 heteroatoms. The first-order chi connectivity index (χ1) is 14.2. The van der Waals surface area contributed by atoms with Gasteiger partial charge in [0.05, 0.1) is 13.7 Å². The molecule has 2 aromatic rings.